The Kier molecular flexibility index (Phi) is 4.91. The molecule has 0 saturated carbocycles. The number of hydrogen-bond donors (Lipinski definition) is 1. The molecule has 0 unspecified atom stereocenters. The van der Waals surface area contributed by atoms with Gasteiger partial charge in [0.1, 0.15) is 10.6 Å². The largest absolute Gasteiger partial charge is 0.465 e. The first-order valence-electron chi connectivity index (χ1n) is 8.22. The molecule has 0 saturated heterocycles. The van der Waals surface area contributed by atoms with Crippen LogP contribution < -0.4 is 5.73 Å². The lowest BCUT2D eigenvalue weighted by molar-refractivity contribution is -0.145. The van der Waals surface area contributed by atoms with Gasteiger partial charge in [-0.25, -0.2) is 9.37 Å². The second-order valence-corrected chi connectivity index (χ2v) is 7.85. The summed E-state index contributed by atoms with van der Waals surface area (Å²) in [5.74, 6) is -0.801. The van der Waals surface area contributed by atoms with E-state index in [2.05, 4.69) is 4.98 Å². The number of nitrogen functional groups attached to an aromatic ring is 1. The molecule has 1 heterocycles. The maximum Gasteiger partial charge on any atom is 0.322 e. The normalized spacial score (nSPS) is 11.7. The highest BCUT2D eigenvalue weighted by Gasteiger charge is 2.33. The predicted octanol–water partition coefficient (Wildman–Crippen LogP) is 4.18. The molecule has 0 aliphatic heterocycles. The number of carbonyl (C=O) groups is 1. The number of benzene rings is 2. The molecular formula is C19H20FN3O2S. The summed E-state index contributed by atoms with van der Waals surface area (Å²) in [5.41, 5.74) is 7.81. The van der Waals surface area contributed by atoms with Crippen LogP contribution in [0.4, 0.5) is 10.1 Å². The molecule has 26 heavy (non-hydrogen) atoms. The molecule has 7 heteroatoms. The minimum atomic E-state index is -0.876. The Balaban J connectivity index is 2.15. The van der Waals surface area contributed by atoms with Gasteiger partial charge in [-0.15, -0.1) is 0 Å². The summed E-state index contributed by atoms with van der Waals surface area (Å²) in [7, 11) is 0. The van der Waals surface area contributed by atoms with Crippen LogP contribution in [0.5, 0.6) is 0 Å². The summed E-state index contributed by atoms with van der Waals surface area (Å²) in [6, 6.07) is 12.0. The number of rotatable bonds is 5. The van der Waals surface area contributed by atoms with Crippen molar-refractivity contribution in [2.45, 2.75) is 30.7 Å². The van der Waals surface area contributed by atoms with Gasteiger partial charge in [0.25, 0.3) is 0 Å². The zero-order chi connectivity index (χ0) is 18.9. The minimum Gasteiger partial charge on any atom is -0.465 e. The number of anilines is 1. The van der Waals surface area contributed by atoms with Gasteiger partial charge in [0, 0.05) is 5.69 Å². The van der Waals surface area contributed by atoms with Gasteiger partial charge in [0.2, 0.25) is 0 Å². The van der Waals surface area contributed by atoms with Gasteiger partial charge in [0.05, 0.1) is 23.3 Å². The molecule has 5 nitrogen and oxygen atoms in total. The van der Waals surface area contributed by atoms with E-state index in [4.69, 9.17) is 10.5 Å². The molecule has 3 rings (SSSR count). The van der Waals surface area contributed by atoms with E-state index < -0.39 is 10.6 Å². The molecule has 0 spiro atoms. The van der Waals surface area contributed by atoms with Gasteiger partial charge in [-0.2, -0.15) is 0 Å². The molecule has 0 amide bonds. The standard InChI is InChI=1S/C19H20FN3O2S/c1-4-25-17(24)19(2,3)26-18-22-14-7-5-6-8-16(14)23(18)15-10-9-12(21)11-13(15)20/h5-11H,4,21H2,1-3H3. The molecule has 3 aromatic rings. The average molecular weight is 373 g/mol. The third-order valence-corrected chi connectivity index (χ3v) is 4.99. The Labute approximate surface area is 155 Å². The second kappa shape index (κ2) is 6.99. The number of hydrogen-bond acceptors (Lipinski definition) is 5. The molecule has 0 radical (unpaired) electrons. The molecule has 0 atom stereocenters. The lowest BCUT2D eigenvalue weighted by Crippen LogP contribution is -2.30. The Morgan fingerprint density at radius 2 is 2.04 bits per heavy atom. The number of thioether (sulfide) groups is 1. The summed E-state index contributed by atoms with van der Waals surface area (Å²) in [5, 5.41) is 0.507. The van der Waals surface area contributed by atoms with E-state index in [0.717, 1.165) is 5.52 Å². The minimum absolute atomic E-state index is 0.297. The maximum atomic E-state index is 14.6. The summed E-state index contributed by atoms with van der Waals surface area (Å²) in [6.07, 6.45) is 0. The summed E-state index contributed by atoms with van der Waals surface area (Å²) in [6.45, 7) is 5.58. The Morgan fingerprint density at radius 1 is 1.31 bits per heavy atom. The van der Waals surface area contributed by atoms with Gasteiger partial charge < -0.3 is 10.5 Å². The SMILES string of the molecule is CCOC(=O)C(C)(C)Sc1nc2ccccc2n1-c1ccc(N)cc1F. The van der Waals surface area contributed by atoms with Gasteiger partial charge in [-0.3, -0.25) is 9.36 Å². The van der Waals surface area contributed by atoms with Crippen LogP contribution in [0.25, 0.3) is 16.7 Å². The van der Waals surface area contributed by atoms with Crippen LogP contribution in [-0.2, 0) is 9.53 Å². The summed E-state index contributed by atoms with van der Waals surface area (Å²) >= 11 is 1.23. The monoisotopic (exact) mass is 373 g/mol. The molecule has 2 aromatic carbocycles. The van der Waals surface area contributed by atoms with Crippen LogP contribution in [0.3, 0.4) is 0 Å². The lowest BCUT2D eigenvalue weighted by Gasteiger charge is -2.21. The number of carbonyl (C=O) groups excluding carboxylic acids is 1. The topological polar surface area (TPSA) is 70.1 Å². The van der Waals surface area contributed by atoms with Crippen LogP contribution in [0.15, 0.2) is 47.6 Å². The fraction of sp³-hybridized carbons (Fsp3) is 0.263. The molecule has 0 aliphatic carbocycles. The molecule has 0 fully saturated rings. The van der Waals surface area contributed by atoms with Gasteiger partial charge in [-0.05, 0) is 51.1 Å². The van der Waals surface area contributed by atoms with E-state index >= 15 is 0 Å². The van der Waals surface area contributed by atoms with Crippen molar-refractivity contribution in [1.29, 1.82) is 0 Å². The van der Waals surface area contributed by atoms with Crippen molar-refractivity contribution in [1.82, 2.24) is 9.55 Å². The molecular weight excluding hydrogens is 353 g/mol. The highest BCUT2D eigenvalue weighted by molar-refractivity contribution is 8.01. The van der Waals surface area contributed by atoms with Crippen molar-refractivity contribution >= 4 is 34.5 Å². The van der Waals surface area contributed by atoms with E-state index in [1.54, 1.807) is 37.5 Å². The Bertz CT molecular complexity index is 969. The van der Waals surface area contributed by atoms with Crippen LogP contribution in [0, 0.1) is 5.82 Å². The number of esters is 1. The summed E-state index contributed by atoms with van der Waals surface area (Å²) < 4.78 is 20.6. The summed E-state index contributed by atoms with van der Waals surface area (Å²) in [4.78, 5) is 16.9. The van der Waals surface area contributed by atoms with E-state index in [-0.39, 0.29) is 5.97 Å². The van der Waals surface area contributed by atoms with E-state index in [1.165, 1.54) is 17.8 Å². The van der Waals surface area contributed by atoms with Gasteiger partial charge in [-0.1, -0.05) is 23.9 Å². The highest BCUT2D eigenvalue weighted by Crippen LogP contribution is 2.37. The van der Waals surface area contributed by atoms with Crippen molar-refractivity contribution in [2.24, 2.45) is 0 Å². The number of para-hydroxylation sites is 2. The predicted molar refractivity (Wildman–Crippen MR) is 102 cm³/mol. The molecule has 2 N–H and O–H groups in total. The van der Waals surface area contributed by atoms with E-state index in [1.807, 2.05) is 24.3 Å². The quantitative estimate of drug-likeness (QED) is 0.413. The number of halogens is 1. The lowest BCUT2D eigenvalue weighted by atomic mass is 10.2. The number of nitrogens with zero attached hydrogens (tertiary/aromatic N) is 2. The van der Waals surface area contributed by atoms with Crippen molar-refractivity contribution < 1.29 is 13.9 Å². The molecule has 0 bridgehead atoms. The number of aromatic nitrogens is 2. The smallest absolute Gasteiger partial charge is 0.322 e. The van der Waals surface area contributed by atoms with E-state index in [9.17, 15) is 9.18 Å². The molecule has 1 aromatic heterocycles. The average Bonchev–Trinajstić information content (AvgIpc) is 2.92. The highest BCUT2D eigenvalue weighted by atomic mass is 32.2. The van der Waals surface area contributed by atoms with E-state index in [0.29, 0.717) is 28.7 Å². The van der Waals surface area contributed by atoms with Crippen LogP contribution in [0.2, 0.25) is 0 Å². The zero-order valence-electron chi connectivity index (χ0n) is 14.8. The van der Waals surface area contributed by atoms with Crippen molar-refractivity contribution in [2.75, 3.05) is 12.3 Å². The second-order valence-electron chi connectivity index (χ2n) is 6.26. The maximum absolute atomic E-state index is 14.6. The number of fused-ring (bicyclic) bond motifs is 1. The van der Waals surface area contributed by atoms with Crippen LogP contribution in [-0.4, -0.2) is 26.9 Å². The molecule has 0 aliphatic rings. The van der Waals surface area contributed by atoms with Crippen molar-refractivity contribution in [3.05, 3.63) is 48.3 Å². The first-order valence-corrected chi connectivity index (χ1v) is 9.04. The van der Waals surface area contributed by atoms with Gasteiger partial charge in [0.15, 0.2) is 5.16 Å². The van der Waals surface area contributed by atoms with Crippen molar-refractivity contribution in [3.63, 3.8) is 0 Å². The Morgan fingerprint density at radius 3 is 2.73 bits per heavy atom. The van der Waals surface area contributed by atoms with Crippen molar-refractivity contribution in [3.8, 4) is 5.69 Å². The fourth-order valence-electron chi connectivity index (χ4n) is 2.58. The molecule has 136 valence electrons. The Hall–Kier alpha value is -2.54. The van der Waals surface area contributed by atoms with Gasteiger partial charge >= 0.3 is 5.97 Å². The van der Waals surface area contributed by atoms with Crippen LogP contribution in [0.1, 0.15) is 20.8 Å². The first-order chi connectivity index (χ1) is 12.3. The number of ether oxygens (including phenoxy) is 1. The fourth-order valence-corrected chi connectivity index (χ4v) is 3.62. The first kappa shape index (κ1) is 18.3. The number of imidazole rings is 1. The zero-order valence-corrected chi connectivity index (χ0v) is 15.6. The number of nitrogens with two attached hydrogens (primary N) is 1. The van der Waals surface area contributed by atoms with Crippen LogP contribution >= 0.6 is 11.8 Å². The third kappa shape index (κ3) is 3.39. The third-order valence-electron chi connectivity index (χ3n) is 3.86.